The Morgan fingerprint density at radius 2 is 1.84 bits per heavy atom. The number of hydrogen-bond acceptors (Lipinski definition) is 4. The lowest BCUT2D eigenvalue weighted by Gasteiger charge is -2.19. The molecular weight excluding hydrogens is 409 g/mol. The van der Waals surface area contributed by atoms with Crippen molar-refractivity contribution >= 4 is 33.6 Å². The molecule has 0 unspecified atom stereocenters. The first-order valence-corrected chi connectivity index (χ1v) is 9.73. The highest BCUT2D eigenvalue weighted by Crippen LogP contribution is 2.36. The van der Waals surface area contributed by atoms with Gasteiger partial charge in [0.15, 0.2) is 11.5 Å². The van der Waals surface area contributed by atoms with E-state index in [1.165, 1.54) is 23.9 Å². The minimum Gasteiger partial charge on any atom is -0.486 e. The minimum absolute atomic E-state index is 0.0528. The van der Waals surface area contributed by atoms with E-state index in [1.807, 2.05) is 12.1 Å². The number of rotatable bonds is 6. The highest BCUT2D eigenvalue weighted by molar-refractivity contribution is 9.10. The highest BCUT2D eigenvalue weighted by atomic mass is 79.9. The van der Waals surface area contributed by atoms with Crippen LogP contribution in [0.25, 0.3) is 0 Å². The first-order chi connectivity index (χ1) is 12.1. The van der Waals surface area contributed by atoms with Gasteiger partial charge < -0.3 is 14.8 Å². The molecule has 0 saturated heterocycles. The number of carbonyl (C=O) groups excluding carboxylic acids is 1. The van der Waals surface area contributed by atoms with Crippen molar-refractivity contribution < 1.29 is 18.7 Å². The number of carbonyl (C=O) groups is 1. The van der Waals surface area contributed by atoms with Crippen molar-refractivity contribution in [1.29, 1.82) is 0 Å². The largest absolute Gasteiger partial charge is 0.486 e. The quantitative estimate of drug-likeness (QED) is 0.761. The van der Waals surface area contributed by atoms with Crippen LogP contribution in [0.3, 0.4) is 0 Å². The summed E-state index contributed by atoms with van der Waals surface area (Å²) in [5.74, 6) is 2.18. The molecule has 0 fully saturated rings. The SMILES string of the molecule is O=C(CSCc1cc2c(cc1Br)OCCO2)NCc1ccc(F)cc1. The van der Waals surface area contributed by atoms with Gasteiger partial charge in [-0.1, -0.05) is 28.1 Å². The first kappa shape index (κ1) is 18.1. The van der Waals surface area contributed by atoms with Crippen LogP contribution in [0.5, 0.6) is 11.5 Å². The van der Waals surface area contributed by atoms with E-state index in [4.69, 9.17) is 9.47 Å². The van der Waals surface area contributed by atoms with Gasteiger partial charge in [0, 0.05) is 16.8 Å². The van der Waals surface area contributed by atoms with E-state index in [-0.39, 0.29) is 11.7 Å². The Balaban J connectivity index is 1.46. The van der Waals surface area contributed by atoms with Gasteiger partial charge >= 0.3 is 0 Å². The molecule has 0 spiro atoms. The molecule has 0 bridgehead atoms. The lowest BCUT2D eigenvalue weighted by molar-refractivity contribution is -0.118. The van der Waals surface area contributed by atoms with Gasteiger partial charge in [0.2, 0.25) is 5.91 Å². The van der Waals surface area contributed by atoms with Gasteiger partial charge in [-0.15, -0.1) is 11.8 Å². The summed E-state index contributed by atoms with van der Waals surface area (Å²) in [5, 5.41) is 2.83. The molecule has 7 heteroatoms. The van der Waals surface area contributed by atoms with Crippen molar-refractivity contribution in [3.8, 4) is 11.5 Å². The number of ether oxygens (including phenoxy) is 2. The Morgan fingerprint density at radius 1 is 1.16 bits per heavy atom. The van der Waals surface area contributed by atoms with Gasteiger partial charge in [0.1, 0.15) is 19.0 Å². The molecule has 0 aromatic heterocycles. The molecule has 2 aromatic carbocycles. The normalized spacial score (nSPS) is 12.7. The van der Waals surface area contributed by atoms with Crippen LogP contribution in [-0.4, -0.2) is 24.9 Å². The van der Waals surface area contributed by atoms with Crippen LogP contribution in [0.1, 0.15) is 11.1 Å². The molecule has 2 aromatic rings. The fourth-order valence-electron chi connectivity index (χ4n) is 2.32. The summed E-state index contributed by atoms with van der Waals surface area (Å²) >= 11 is 5.05. The van der Waals surface area contributed by atoms with Crippen molar-refractivity contribution in [1.82, 2.24) is 5.32 Å². The van der Waals surface area contributed by atoms with Gasteiger partial charge in [0.05, 0.1) is 5.75 Å². The van der Waals surface area contributed by atoms with Gasteiger partial charge in [-0.3, -0.25) is 4.79 Å². The van der Waals surface area contributed by atoms with Crippen LogP contribution in [0.15, 0.2) is 40.9 Å². The lowest BCUT2D eigenvalue weighted by Crippen LogP contribution is -2.24. The molecule has 0 saturated carbocycles. The maximum absolute atomic E-state index is 12.8. The molecule has 0 radical (unpaired) electrons. The summed E-state index contributed by atoms with van der Waals surface area (Å²) in [6.45, 7) is 1.50. The molecule has 1 N–H and O–H groups in total. The maximum Gasteiger partial charge on any atom is 0.230 e. The van der Waals surface area contributed by atoms with Crippen LogP contribution in [0, 0.1) is 5.82 Å². The van der Waals surface area contributed by atoms with E-state index in [1.54, 1.807) is 12.1 Å². The third kappa shape index (κ3) is 5.12. The van der Waals surface area contributed by atoms with Crippen molar-refractivity contribution in [3.05, 3.63) is 57.8 Å². The summed E-state index contributed by atoms with van der Waals surface area (Å²) < 4.78 is 24.9. The van der Waals surface area contributed by atoms with E-state index in [2.05, 4.69) is 21.2 Å². The third-order valence-corrected chi connectivity index (χ3v) is 5.32. The Labute approximate surface area is 158 Å². The van der Waals surface area contributed by atoms with Gasteiger partial charge in [-0.05, 0) is 35.4 Å². The average molecular weight is 426 g/mol. The molecule has 1 heterocycles. The Bertz CT molecular complexity index is 755. The van der Waals surface area contributed by atoms with Crippen molar-refractivity contribution in [2.24, 2.45) is 0 Å². The van der Waals surface area contributed by atoms with Crippen LogP contribution in [-0.2, 0) is 17.1 Å². The summed E-state index contributed by atoms with van der Waals surface area (Å²) in [6.07, 6.45) is 0. The van der Waals surface area contributed by atoms with E-state index in [0.29, 0.717) is 31.3 Å². The zero-order valence-corrected chi connectivity index (χ0v) is 15.8. The molecule has 3 rings (SSSR count). The number of hydrogen-bond donors (Lipinski definition) is 1. The van der Waals surface area contributed by atoms with Gasteiger partial charge in [-0.25, -0.2) is 4.39 Å². The molecular formula is C18H17BrFNO3S. The monoisotopic (exact) mass is 425 g/mol. The molecule has 4 nitrogen and oxygen atoms in total. The van der Waals surface area contributed by atoms with Crippen molar-refractivity contribution in [3.63, 3.8) is 0 Å². The summed E-state index contributed by atoms with van der Waals surface area (Å²) in [7, 11) is 0. The van der Waals surface area contributed by atoms with Crippen LogP contribution in [0.2, 0.25) is 0 Å². The molecule has 0 aliphatic carbocycles. The average Bonchev–Trinajstić information content (AvgIpc) is 2.61. The topological polar surface area (TPSA) is 47.6 Å². The second kappa shape index (κ2) is 8.58. The van der Waals surface area contributed by atoms with E-state index in [0.717, 1.165) is 27.1 Å². The van der Waals surface area contributed by atoms with Crippen molar-refractivity contribution in [2.75, 3.05) is 19.0 Å². The van der Waals surface area contributed by atoms with Crippen LogP contribution < -0.4 is 14.8 Å². The number of fused-ring (bicyclic) bond motifs is 1. The number of amides is 1. The Kier molecular flexibility index (Phi) is 6.20. The zero-order chi connectivity index (χ0) is 17.6. The van der Waals surface area contributed by atoms with Gasteiger partial charge in [0.25, 0.3) is 0 Å². The molecule has 1 aliphatic heterocycles. The van der Waals surface area contributed by atoms with Crippen molar-refractivity contribution in [2.45, 2.75) is 12.3 Å². The molecule has 25 heavy (non-hydrogen) atoms. The Morgan fingerprint density at radius 3 is 2.56 bits per heavy atom. The smallest absolute Gasteiger partial charge is 0.230 e. The number of nitrogens with one attached hydrogen (secondary N) is 1. The highest BCUT2D eigenvalue weighted by Gasteiger charge is 2.15. The molecule has 0 atom stereocenters. The minimum atomic E-state index is -0.282. The Hall–Kier alpha value is -1.73. The second-order valence-electron chi connectivity index (χ2n) is 5.48. The number of benzene rings is 2. The molecule has 1 amide bonds. The third-order valence-electron chi connectivity index (χ3n) is 3.60. The lowest BCUT2D eigenvalue weighted by atomic mass is 10.2. The molecule has 132 valence electrons. The fourth-order valence-corrected chi connectivity index (χ4v) is 3.82. The second-order valence-corrected chi connectivity index (χ2v) is 7.32. The molecule has 1 aliphatic rings. The standard InChI is InChI=1S/C18H17BrFNO3S/c19-15-8-17-16(23-5-6-24-17)7-13(15)10-25-11-18(22)21-9-12-1-3-14(20)4-2-12/h1-4,7-8H,5-6,9-11H2,(H,21,22). The predicted molar refractivity (Wildman–Crippen MR) is 99.5 cm³/mol. The van der Waals surface area contributed by atoms with Gasteiger partial charge in [-0.2, -0.15) is 0 Å². The van der Waals surface area contributed by atoms with E-state index in [9.17, 15) is 9.18 Å². The van der Waals surface area contributed by atoms with E-state index >= 15 is 0 Å². The zero-order valence-electron chi connectivity index (χ0n) is 13.4. The fraction of sp³-hybridized carbons (Fsp3) is 0.278. The number of halogens is 2. The first-order valence-electron chi connectivity index (χ1n) is 7.79. The summed E-state index contributed by atoms with van der Waals surface area (Å²) in [6, 6.07) is 9.94. The maximum atomic E-state index is 12.8. The van der Waals surface area contributed by atoms with E-state index < -0.39 is 0 Å². The summed E-state index contributed by atoms with van der Waals surface area (Å²) in [5.41, 5.74) is 1.93. The summed E-state index contributed by atoms with van der Waals surface area (Å²) in [4.78, 5) is 11.9. The van der Waals surface area contributed by atoms with Crippen LogP contribution in [0.4, 0.5) is 4.39 Å². The number of thioether (sulfide) groups is 1. The predicted octanol–water partition coefficient (Wildman–Crippen LogP) is 3.91. The van der Waals surface area contributed by atoms with Crippen LogP contribution >= 0.6 is 27.7 Å².